The predicted molar refractivity (Wildman–Crippen MR) is 99.5 cm³/mol. The Morgan fingerprint density at radius 1 is 1.14 bits per heavy atom. The van der Waals surface area contributed by atoms with Crippen molar-refractivity contribution in [1.29, 1.82) is 0 Å². The van der Waals surface area contributed by atoms with Gasteiger partial charge in [0.2, 0.25) is 0 Å². The molecule has 0 unspecified atom stereocenters. The molecular weight excluding hydrogens is 365 g/mol. The summed E-state index contributed by atoms with van der Waals surface area (Å²) >= 11 is 0. The molecule has 8 nitrogen and oxygen atoms in total. The number of hydrogen-bond donors (Lipinski definition) is 3. The molecule has 0 aliphatic carbocycles. The van der Waals surface area contributed by atoms with Crippen LogP contribution in [0.4, 0.5) is 4.39 Å². The van der Waals surface area contributed by atoms with Gasteiger partial charge >= 0.3 is 5.69 Å². The molecule has 1 saturated heterocycles. The van der Waals surface area contributed by atoms with E-state index in [1.54, 1.807) is 17.2 Å². The van der Waals surface area contributed by atoms with E-state index in [0.717, 1.165) is 22.9 Å². The van der Waals surface area contributed by atoms with Gasteiger partial charge in [-0.25, -0.2) is 9.18 Å². The number of carbonyl (C=O) groups excluding carboxylic acids is 1. The summed E-state index contributed by atoms with van der Waals surface area (Å²) in [6.07, 6.45) is 3.05. The van der Waals surface area contributed by atoms with Crippen molar-refractivity contribution in [2.45, 2.75) is 18.8 Å². The van der Waals surface area contributed by atoms with E-state index in [2.05, 4.69) is 15.2 Å². The number of halogens is 1. The van der Waals surface area contributed by atoms with Crippen LogP contribution in [-0.2, 0) is 0 Å². The van der Waals surface area contributed by atoms with E-state index in [9.17, 15) is 18.8 Å². The summed E-state index contributed by atoms with van der Waals surface area (Å²) in [5.74, 6) is -0.545. The Balaban J connectivity index is 1.49. The highest BCUT2D eigenvalue weighted by Crippen LogP contribution is 2.34. The Hall–Kier alpha value is -3.49. The minimum absolute atomic E-state index is 0.0193. The highest BCUT2D eigenvalue weighted by Gasteiger charge is 2.27. The highest BCUT2D eigenvalue weighted by atomic mass is 19.1. The van der Waals surface area contributed by atoms with E-state index in [4.69, 9.17) is 0 Å². The molecule has 0 bridgehead atoms. The molecule has 3 N–H and O–H groups in total. The first-order chi connectivity index (χ1) is 13.5. The largest absolute Gasteiger partial charge is 0.337 e. The van der Waals surface area contributed by atoms with Crippen LogP contribution in [0, 0.1) is 5.82 Å². The van der Waals surface area contributed by atoms with E-state index >= 15 is 0 Å². The van der Waals surface area contributed by atoms with E-state index in [1.807, 2.05) is 11.1 Å². The van der Waals surface area contributed by atoms with Crippen molar-refractivity contribution in [2.24, 2.45) is 0 Å². The van der Waals surface area contributed by atoms with Gasteiger partial charge in [-0.05, 0) is 30.5 Å². The molecule has 0 atom stereocenters. The van der Waals surface area contributed by atoms with E-state index in [-0.39, 0.29) is 23.3 Å². The number of amides is 1. The lowest BCUT2D eigenvalue weighted by Gasteiger charge is -2.31. The fraction of sp³-hybridized carbons (Fsp3) is 0.263. The van der Waals surface area contributed by atoms with Crippen LogP contribution in [0.5, 0.6) is 0 Å². The van der Waals surface area contributed by atoms with Crippen LogP contribution in [0.2, 0.25) is 0 Å². The zero-order valence-electron chi connectivity index (χ0n) is 14.9. The lowest BCUT2D eigenvalue weighted by atomic mass is 9.89. The number of likely N-dealkylation sites (tertiary alicyclic amines) is 1. The second-order valence-corrected chi connectivity index (χ2v) is 6.78. The van der Waals surface area contributed by atoms with Gasteiger partial charge in [0.25, 0.3) is 11.5 Å². The molecule has 0 radical (unpaired) electrons. The van der Waals surface area contributed by atoms with Gasteiger partial charge in [-0.2, -0.15) is 5.10 Å². The number of H-pyrrole nitrogens is 3. The third-order valence-electron chi connectivity index (χ3n) is 4.99. The molecule has 1 aromatic carbocycles. The van der Waals surface area contributed by atoms with Crippen molar-refractivity contribution < 1.29 is 9.18 Å². The van der Waals surface area contributed by atoms with Gasteiger partial charge < -0.3 is 9.88 Å². The van der Waals surface area contributed by atoms with Crippen molar-refractivity contribution in [3.8, 4) is 11.1 Å². The van der Waals surface area contributed by atoms with Gasteiger partial charge in [-0.3, -0.25) is 19.7 Å². The molecule has 28 heavy (non-hydrogen) atoms. The maximum absolute atomic E-state index is 13.6. The predicted octanol–water partition coefficient (Wildman–Crippen LogP) is 1.61. The van der Waals surface area contributed by atoms with E-state index in [1.165, 1.54) is 12.1 Å². The number of nitrogens with zero attached hydrogens (tertiary/aromatic N) is 2. The molecule has 144 valence electrons. The van der Waals surface area contributed by atoms with E-state index in [0.29, 0.717) is 25.9 Å². The lowest BCUT2D eigenvalue weighted by Crippen LogP contribution is -2.40. The normalized spacial score (nSPS) is 15.0. The fourth-order valence-corrected chi connectivity index (χ4v) is 3.62. The lowest BCUT2D eigenvalue weighted by molar-refractivity contribution is 0.0705. The second-order valence-electron chi connectivity index (χ2n) is 6.78. The summed E-state index contributed by atoms with van der Waals surface area (Å²) in [5, 5.41) is 7.13. The molecule has 3 heterocycles. The average molecular weight is 383 g/mol. The first-order valence-corrected chi connectivity index (χ1v) is 8.93. The number of aromatic amines is 3. The smallest absolute Gasteiger partial charge is 0.326 e. The summed E-state index contributed by atoms with van der Waals surface area (Å²) < 4.78 is 13.6. The molecule has 1 amide bonds. The summed E-state index contributed by atoms with van der Waals surface area (Å²) in [6.45, 7) is 0.944. The fourth-order valence-electron chi connectivity index (χ4n) is 3.62. The van der Waals surface area contributed by atoms with Crippen LogP contribution >= 0.6 is 0 Å². The maximum atomic E-state index is 13.6. The van der Waals surface area contributed by atoms with Gasteiger partial charge in [0.05, 0.1) is 6.20 Å². The number of hydrogen-bond acceptors (Lipinski definition) is 4. The second kappa shape index (κ2) is 7.26. The molecule has 0 spiro atoms. The Bertz CT molecular complexity index is 1100. The third-order valence-corrected chi connectivity index (χ3v) is 4.99. The molecule has 1 fully saturated rings. The summed E-state index contributed by atoms with van der Waals surface area (Å²) in [5.41, 5.74) is 1.19. The number of rotatable bonds is 3. The van der Waals surface area contributed by atoms with Crippen LogP contribution in [0.1, 0.15) is 34.9 Å². The van der Waals surface area contributed by atoms with Crippen molar-refractivity contribution >= 4 is 5.91 Å². The van der Waals surface area contributed by atoms with Crippen molar-refractivity contribution in [3.63, 3.8) is 0 Å². The standard InChI is InChI=1S/C19H18FN5O3/c20-13-3-1-2-12(8-13)14-10-21-24-17(14)11-4-6-25(7-5-11)18(27)15-9-16(26)23-19(28)22-15/h1-3,8-11H,4-7H2,(H,21,24)(H2,22,23,26,28). The third kappa shape index (κ3) is 3.51. The van der Waals surface area contributed by atoms with Crippen molar-refractivity contribution in [2.75, 3.05) is 13.1 Å². The monoisotopic (exact) mass is 383 g/mol. The maximum Gasteiger partial charge on any atom is 0.326 e. The minimum atomic E-state index is -0.706. The van der Waals surface area contributed by atoms with Gasteiger partial charge in [0, 0.05) is 36.3 Å². The van der Waals surface area contributed by atoms with Crippen LogP contribution in [-0.4, -0.2) is 44.1 Å². The molecule has 4 rings (SSSR count). The first kappa shape index (κ1) is 17.9. The number of benzene rings is 1. The Morgan fingerprint density at radius 3 is 2.64 bits per heavy atom. The van der Waals surface area contributed by atoms with E-state index < -0.39 is 11.2 Å². The Morgan fingerprint density at radius 2 is 1.93 bits per heavy atom. The van der Waals surface area contributed by atoms with Crippen LogP contribution < -0.4 is 11.2 Å². The molecule has 1 aliphatic heterocycles. The SMILES string of the molecule is O=C(c1cc(=O)[nH]c(=O)[nH]1)N1CCC(c2[nH]ncc2-c2cccc(F)c2)CC1. The quantitative estimate of drug-likeness (QED) is 0.637. The highest BCUT2D eigenvalue weighted by molar-refractivity contribution is 5.92. The number of carbonyl (C=O) groups is 1. The van der Waals surface area contributed by atoms with Crippen molar-refractivity contribution in [3.05, 3.63) is 74.6 Å². The Labute approximate surface area is 158 Å². The van der Waals surface area contributed by atoms with Crippen molar-refractivity contribution in [1.82, 2.24) is 25.1 Å². The molecule has 3 aromatic rings. The van der Waals surface area contributed by atoms with Gasteiger partial charge in [-0.1, -0.05) is 12.1 Å². The summed E-state index contributed by atoms with van der Waals surface area (Å²) in [6, 6.07) is 7.44. The number of piperidine rings is 1. The minimum Gasteiger partial charge on any atom is -0.337 e. The molecular formula is C19H18FN5O3. The summed E-state index contributed by atoms with van der Waals surface area (Å²) in [7, 11) is 0. The average Bonchev–Trinajstić information content (AvgIpc) is 3.17. The molecule has 0 saturated carbocycles. The van der Waals surface area contributed by atoms with Gasteiger partial charge in [0.1, 0.15) is 11.5 Å². The molecule has 2 aromatic heterocycles. The van der Waals surface area contributed by atoms with Crippen LogP contribution in [0.3, 0.4) is 0 Å². The molecule has 9 heteroatoms. The van der Waals surface area contributed by atoms with Gasteiger partial charge in [-0.15, -0.1) is 0 Å². The topological polar surface area (TPSA) is 115 Å². The number of aromatic nitrogens is 4. The zero-order valence-corrected chi connectivity index (χ0v) is 14.9. The van der Waals surface area contributed by atoms with Gasteiger partial charge in [0.15, 0.2) is 0 Å². The zero-order chi connectivity index (χ0) is 19.7. The molecule has 1 aliphatic rings. The first-order valence-electron chi connectivity index (χ1n) is 8.93. The van der Waals surface area contributed by atoms with Crippen LogP contribution in [0.15, 0.2) is 46.1 Å². The summed E-state index contributed by atoms with van der Waals surface area (Å²) in [4.78, 5) is 41.4. The van der Waals surface area contributed by atoms with Crippen LogP contribution in [0.25, 0.3) is 11.1 Å². The Kier molecular flexibility index (Phi) is 4.64. The number of nitrogens with one attached hydrogen (secondary N) is 3.